The summed E-state index contributed by atoms with van der Waals surface area (Å²) in [6.07, 6.45) is -2.43. The standard InChI is InChI=1S/C9H5F2IS2/c10-9(11)4-1-6(13)5-3-8(12)14-7(5)2-4/h1-3,9,13H. The van der Waals surface area contributed by atoms with Gasteiger partial charge in [0.15, 0.2) is 0 Å². The first kappa shape index (κ1) is 10.6. The summed E-state index contributed by atoms with van der Waals surface area (Å²) in [5.74, 6) is 0. The Bertz CT molecular complexity index is 479. The van der Waals surface area contributed by atoms with Gasteiger partial charge in [0.1, 0.15) is 0 Å². The lowest BCUT2D eigenvalue weighted by Crippen LogP contribution is -1.83. The summed E-state index contributed by atoms with van der Waals surface area (Å²) in [5.41, 5.74) is 0.0424. The molecule has 0 amide bonds. The van der Waals surface area contributed by atoms with Gasteiger partial charge in [-0.25, -0.2) is 8.78 Å². The zero-order valence-corrected chi connectivity index (χ0v) is 10.7. The third-order valence-corrected chi connectivity index (χ3v) is 4.07. The van der Waals surface area contributed by atoms with Gasteiger partial charge in [-0.2, -0.15) is 0 Å². The van der Waals surface area contributed by atoms with Crippen molar-refractivity contribution in [3.63, 3.8) is 0 Å². The maximum atomic E-state index is 12.5. The molecule has 0 radical (unpaired) electrons. The van der Waals surface area contributed by atoms with Crippen LogP contribution in [0, 0.1) is 2.88 Å². The normalized spacial score (nSPS) is 11.5. The molecule has 0 spiro atoms. The van der Waals surface area contributed by atoms with Gasteiger partial charge in [-0.15, -0.1) is 24.0 Å². The molecule has 0 nitrogen and oxygen atoms in total. The molecular formula is C9H5F2IS2. The number of alkyl halides is 2. The number of rotatable bonds is 1. The van der Waals surface area contributed by atoms with Crippen LogP contribution in [0.15, 0.2) is 23.1 Å². The molecule has 0 saturated carbocycles. The third-order valence-electron chi connectivity index (χ3n) is 1.86. The fourth-order valence-corrected chi connectivity index (χ4v) is 3.53. The zero-order chi connectivity index (χ0) is 10.3. The summed E-state index contributed by atoms with van der Waals surface area (Å²) in [6.45, 7) is 0. The van der Waals surface area contributed by atoms with Gasteiger partial charge >= 0.3 is 0 Å². The molecule has 74 valence electrons. The van der Waals surface area contributed by atoms with Crippen molar-refractivity contribution in [2.24, 2.45) is 0 Å². The number of benzene rings is 1. The first-order valence-corrected chi connectivity index (χ1v) is 6.12. The van der Waals surface area contributed by atoms with Crippen molar-refractivity contribution in [3.05, 3.63) is 26.6 Å². The predicted octanol–water partition coefficient (Wildman–Crippen LogP) is 4.73. The van der Waals surface area contributed by atoms with E-state index in [-0.39, 0.29) is 5.56 Å². The molecule has 0 N–H and O–H groups in total. The molecule has 0 aliphatic carbocycles. The Hall–Kier alpha value is 0.120. The second-order valence-corrected chi connectivity index (χ2v) is 6.26. The van der Waals surface area contributed by atoms with E-state index in [9.17, 15) is 8.78 Å². The van der Waals surface area contributed by atoms with Crippen LogP contribution in [-0.4, -0.2) is 0 Å². The Labute approximate surface area is 103 Å². The molecular weight excluding hydrogens is 337 g/mol. The number of hydrogen-bond acceptors (Lipinski definition) is 2. The molecule has 0 aliphatic rings. The average Bonchev–Trinajstić information content (AvgIpc) is 2.45. The molecule has 0 bridgehead atoms. The van der Waals surface area contributed by atoms with E-state index in [1.165, 1.54) is 23.5 Å². The van der Waals surface area contributed by atoms with Crippen LogP contribution in [0.2, 0.25) is 0 Å². The summed E-state index contributed by atoms with van der Waals surface area (Å²) < 4.78 is 26.9. The quantitative estimate of drug-likeness (QED) is 0.562. The van der Waals surface area contributed by atoms with Gasteiger partial charge in [0.25, 0.3) is 6.43 Å². The van der Waals surface area contributed by atoms with E-state index in [1.807, 2.05) is 6.07 Å². The minimum atomic E-state index is -2.43. The molecule has 2 aromatic rings. The van der Waals surface area contributed by atoms with Gasteiger partial charge in [0.2, 0.25) is 0 Å². The molecule has 14 heavy (non-hydrogen) atoms. The lowest BCUT2D eigenvalue weighted by atomic mass is 10.2. The molecule has 1 aromatic heterocycles. The van der Waals surface area contributed by atoms with Gasteiger partial charge in [0, 0.05) is 20.5 Å². The van der Waals surface area contributed by atoms with E-state index in [0.29, 0.717) is 4.90 Å². The first-order chi connectivity index (χ1) is 6.58. The van der Waals surface area contributed by atoms with E-state index >= 15 is 0 Å². The molecule has 1 heterocycles. The maximum Gasteiger partial charge on any atom is 0.263 e. The highest BCUT2D eigenvalue weighted by molar-refractivity contribution is 14.1. The van der Waals surface area contributed by atoms with Crippen LogP contribution in [0.5, 0.6) is 0 Å². The van der Waals surface area contributed by atoms with Crippen LogP contribution in [0.3, 0.4) is 0 Å². The Morgan fingerprint density at radius 3 is 2.64 bits per heavy atom. The number of hydrogen-bond donors (Lipinski definition) is 1. The fourth-order valence-electron chi connectivity index (χ4n) is 1.24. The van der Waals surface area contributed by atoms with Crippen LogP contribution in [0.1, 0.15) is 12.0 Å². The van der Waals surface area contributed by atoms with Crippen molar-refractivity contribution >= 4 is 56.6 Å². The average molecular weight is 342 g/mol. The topological polar surface area (TPSA) is 0 Å². The monoisotopic (exact) mass is 342 g/mol. The summed E-state index contributed by atoms with van der Waals surface area (Å²) >= 11 is 7.88. The van der Waals surface area contributed by atoms with Crippen molar-refractivity contribution in [2.45, 2.75) is 11.3 Å². The Balaban J connectivity index is 2.71. The highest BCUT2D eigenvalue weighted by Crippen LogP contribution is 2.34. The van der Waals surface area contributed by atoms with Gasteiger partial charge in [0.05, 0.1) is 2.88 Å². The van der Waals surface area contributed by atoms with Crippen LogP contribution < -0.4 is 0 Å². The van der Waals surface area contributed by atoms with Gasteiger partial charge < -0.3 is 0 Å². The Morgan fingerprint density at radius 2 is 2.00 bits per heavy atom. The number of halogens is 3. The van der Waals surface area contributed by atoms with Gasteiger partial charge in [-0.05, 0) is 40.8 Å². The highest BCUT2D eigenvalue weighted by atomic mass is 127. The Morgan fingerprint density at radius 1 is 1.29 bits per heavy atom. The summed E-state index contributed by atoms with van der Waals surface area (Å²) in [4.78, 5) is 0.622. The smallest absolute Gasteiger partial charge is 0.205 e. The maximum absolute atomic E-state index is 12.5. The molecule has 0 fully saturated rings. The first-order valence-electron chi connectivity index (χ1n) is 3.78. The van der Waals surface area contributed by atoms with Crippen LogP contribution in [0.25, 0.3) is 10.1 Å². The minimum absolute atomic E-state index is 0.0424. The molecule has 0 saturated heterocycles. The van der Waals surface area contributed by atoms with Crippen molar-refractivity contribution in [1.29, 1.82) is 0 Å². The molecule has 1 aromatic carbocycles. The molecule has 0 unspecified atom stereocenters. The minimum Gasteiger partial charge on any atom is -0.205 e. The zero-order valence-electron chi connectivity index (χ0n) is 6.80. The van der Waals surface area contributed by atoms with E-state index < -0.39 is 6.43 Å². The largest absolute Gasteiger partial charge is 0.263 e. The molecule has 0 aliphatic heterocycles. The van der Waals surface area contributed by atoms with Crippen molar-refractivity contribution < 1.29 is 8.78 Å². The second kappa shape index (κ2) is 3.94. The van der Waals surface area contributed by atoms with Crippen LogP contribution >= 0.6 is 46.6 Å². The molecule has 0 atom stereocenters. The predicted molar refractivity (Wildman–Crippen MR) is 66.8 cm³/mol. The van der Waals surface area contributed by atoms with Crippen molar-refractivity contribution in [3.8, 4) is 0 Å². The SMILES string of the molecule is FC(F)c1cc(S)c2cc(I)sc2c1. The summed E-state index contributed by atoms with van der Waals surface area (Å²) in [6, 6.07) is 4.92. The second-order valence-electron chi connectivity index (χ2n) is 2.80. The van der Waals surface area contributed by atoms with Gasteiger partial charge in [-0.3, -0.25) is 0 Å². The van der Waals surface area contributed by atoms with Gasteiger partial charge in [-0.1, -0.05) is 0 Å². The lowest BCUT2D eigenvalue weighted by molar-refractivity contribution is 0.151. The highest BCUT2D eigenvalue weighted by Gasteiger charge is 2.11. The van der Waals surface area contributed by atoms with Crippen LogP contribution in [-0.2, 0) is 0 Å². The van der Waals surface area contributed by atoms with E-state index in [4.69, 9.17) is 0 Å². The summed E-state index contributed by atoms with van der Waals surface area (Å²) in [7, 11) is 0. The van der Waals surface area contributed by atoms with Crippen molar-refractivity contribution in [1.82, 2.24) is 0 Å². The fraction of sp³-hybridized carbons (Fsp3) is 0.111. The van der Waals surface area contributed by atoms with Crippen LogP contribution in [0.4, 0.5) is 8.78 Å². The van der Waals surface area contributed by atoms with E-state index in [2.05, 4.69) is 35.2 Å². The Kier molecular flexibility index (Phi) is 2.99. The lowest BCUT2D eigenvalue weighted by Gasteiger charge is -2.01. The molecule has 2 rings (SSSR count). The van der Waals surface area contributed by atoms with E-state index in [1.54, 1.807) is 0 Å². The van der Waals surface area contributed by atoms with Crippen molar-refractivity contribution in [2.75, 3.05) is 0 Å². The third kappa shape index (κ3) is 1.90. The number of thiol groups is 1. The molecule has 5 heteroatoms. The number of thiophene rings is 1. The van der Waals surface area contributed by atoms with E-state index in [0.717, 1.165) is 13.0 Å². The number of fused-ring (bicyclic) bond motifs is 1. The summed E-state index contributed by atoms with van der Waals surface area (Å²) in [5, 5.41) is 0.951.